The SMILES string of the molecule is Cc1ccc(C[C@@H](Cl)B2OC3C[C@@H]4C[C@@H](C4(C)C)[C@]3(C)O2)cc1. The molecule has 0 spiro atoms. The van der Waals surface area contributed by atoms with Gasteiger partial charge in [0.25, 0.3) is 0 Å². The molecule has 1 saturated heterocycles. The highest BCUT2D eigenvalue weighted by atomic mass is 35.5. The van der Waals surface area contributed by atoms with E-state index in [1.54, 1.807) is 0 Å². The summed E-state index contributed by atoms with van der Waals surface area (Å²) < 4.78 is 12.7. The summed E-state index contributed by atoms with van der Waals surface area (Å²) in [5.74, 6) is 1.37. The third kappa shape index (κ3) is 2.39. The molecule has 124 valence electrons. The van der Waals surface area contributed by atoms with Gasteiger partial charge in [0.15, 0.2) is 0 Å². The molecular formula is C19H26BClO2. The molecule has 1 aromatic carbocycles. The Balaban J connectivity index is 1.47. The Morgan fingerprint density at radius 1 is 1.22 bits per heavy atom. The van der Waals surface area contributed by atoms with E-state index in [9.17, 15) is 0 Å². The summed E-state index contributed by atoms with van der Waals surface area (Å²) in [5, 5.41) is -0.138. The first-order chi connectivity index (χ1) is 10.8. The Morgan fingerprint density at radius 2 is 1.91 bits per heavy atom. The lowest BCUT2D eigenvalue weighted by molar-refractivity contribution is -0.199. The van der Waals surface area contributed by atoms with Gasteiger partial charge in [0.1, 0.15) is 0 Å². The lowest BCUT2D eigenvalue weighted by Crippen LogP contribution is -2.65. The predicted molar refractivity (Wildman–Crippen MR) is 94.6 cm³/mol. The molecular weight excluding hydrogens is 306 g/mol. The number of alkyl halides is 1. The van der Waals surface area contributed by atoms with Crippen molar-refractivity contribution in [3.8, 4) is 0 Å². The molecule has 4 fully saturated rings. The van der Waals surface area contributed by atoms with Crippen molar-refractivity contribution < 1.29 is 9.31 Å². The molecule has 0 amide bonds. The maximum Gasteiger partial charge on any atom is 0.477 e. The fourth-order valence-corrected chi connectivity index (χ4v) is 5.39. The topological polar surface area (TPSA) is 18.5 Å². The molecule has 5 atom stereocenters. The summed E-state index contributed by atoms with van der Waals surface area (Å²) in [6.07, 6.45) is 3.39. The van der Waals surface area contributed by atoms with Crippen molar-refractivity contribution >= 4 is 18.7 Å². The second kappa shape index (κ2) is 5.24. The zero-order valence-electron chi connectivity index (χ0n) is 14.5. The number of halogens is 1. The van der Waals surface area contributed by atoms with Gasteiger partial charge >= 0.3 is 7.12 Å². The van der Waals surface area contributed by atoms with Gasteiger partial charge in [-0.25, -0.2) is 0 Å². The van der Waals surface area contributed by atoms with E-state index in [1.807, 2.05) is 0 Å². The van der Waals surface area contributed by atoms with E-state index in [-0.39, 0.29) is 24.1 Å². The van der Waals surface area contributed by atoms with Crippen LogP contribution in [0.1, 0.15) is 44.7 Å². The van der Waals surface area contributed by atoms with Gasteiger partial charge in [0.05, 0.1) is 17.0 Å². The first kappa shape index (κ1) is 16.0. The number of hydrogen-bond acceptors (Lipinski definition) is 2. The molecule has 1 heterocycles. The van der Waals surface area contributed by atoms with Crippen LogP contribution in [0.5, 0.6) is 0 Å². The van der Waals surface area contributed by atoms with Crippen LogP contribution in [0.4, 0.5) is 0 Å². The second-order valence-corrected chi connectivity index (χ2v) is 9.10. The molecule has 1 unspecified atom stereocenters. The number of aryl methyl sites for hydroxylation is 1. The van der Waals surface area contributed by atoms with Crippen molar-refractivity contribution in [1.29, 1.82) is 0 Å². The van der Waals surface area contributed by atoms with Crippen molar-refractivity contribution in [3.05, 3.63) is 35.4 Å². The first-order valence-electron chi connectivity index (χ1n) is 8.83. The van der Waals surface area contributed by atoms with Crippen molar-refractivity contribution in [2.75, 3.05) is 0 Å². The molecule has 23 heavy (non-hydrogen) atoms. The van der Waals surface area contributed by atoms with Gasteiger partial charge in [-0.15, -0.1) is 11.6 Å². The highest BCUT2D eigenvalue weighted by Crippen LogP contribution is 2.65. The molecule has 4 heteroatoms. The van der Waals surface area contributed by atoms with E-state index in [0.717, 1.165) is 18.8 Å². The van der Waals surface area contributed by atoms with Crippen LogP contribution < -0.4 is 0 Å². The molecule has 0 aromatic heterocycles. The quantitative estimate of drug-likeness (QED) is 0.603. The Hall–Kier alpha value is -0.505. The summed E-state index contributed by atoms with van der Waals surface area (Å²) in [7, 11) is -0.289. The van der Waals surface area contributed by atoms with E-state index >= 15 is 0 Å². The van der Waals surface area contributed by atoms with Crippen LogP contribution in [-0.4, -0.2) is 24.1 Å². The van der Waals surface area contributed by atoms with Crippen molar-refractivity contribution in [3.63, 3.8) is 0 Å². The fourth-order valence-electron chi connectivity index (χ4n) is 5.10. The summed E-state index contributed by atoms with van der Waals surface area (Å²) in [6.45, 7) is 9.11. The largest absolute Gasteiger partial charge is 0.477 e. The van der Waals surface area contributed by atoms with Crippen LogP contribution in [0, 0.1) is 24.2 Å². The summed E-state index contributed by atoms with van der Waals surface area (Å²) in [5.41, 5.74) is 2.73. The molecule has 3 saturated carbocycles. The van der Waals surface area contributed by atoms with Gasteiger partial charge in [-0.2, -0.15) is 0 Å². The highest BCUT2D eigenvalue weighted by molar-refractivity contribution is 6.60. The van der Waals surface area contributed by atoms with E-state index < -0.39 is 0 Å². The maximum absolute atomic E-state index is 6.67. The Kier molecular flexibility index (Phi) is 3.65. The minimum absolute atomic E-state index is 0.138. The van der Waals surface area contributed by atoms with Crippen molar-refractivity contribution in [1.82, 2.24) is 0 Å². The highest BCUT2D eigenvalue weighted by Gasteiger charge is 2.68. The molecule has 5 rings (SSSR count). The van der Waals surface area contributed by atoms with E-state index in [4.69, 9.17) is 20.9 Å². The van der Waals surface area contributed by atoms with Crippen LogP contribution >= 0.6 is 11.6 Å². The second-order valence-electron chi connectivity index (χ2n) is 8.54. The van der Waals surface area contributed by atoms with Gasteiger partial charge in [-0.05, 0) is 55.9 Å². The Bertz CT molecular complexity index is 602. The molecule has 2 bridgehead atoms. The predicted octanol–water partition coefficient (Wildman–Crippen LogP) is 4.41. The van der Waals surface area contributed by atoms with Crippen molar-refractivity contribution in [2.24, 2.45) is 17.3 Å². The average Bonchev–Trinajstić information content (AvgIpc) is 2.86. The van der Waals surface area contributed by atoms with Crippen LogP contribution in [0.2, 0.25) is 0 Å². The zero-order chi connectivity index (χ0) is 16.4. The minimum atomic E-state index is -0.289. The van der Waals surface area contributed by atoms with Gasteiger partial charge in [0.2, 0.25) is 0 Å². The molecule has 0 N–H and O–H groups in total. The molecule has 4 aliphatic rings. The number of hydrogen-bond donors (Lipinski definition) is 0. The standard InChI is InChI=1S/C19H26BClO2/c1-12-5-7-13(8-6-12)9-17(21)20-22-16-11-14-10-15(18(14,2)3)19(16,4)23-20/h5-8,14-17H,9-11H2,1-4H3/t14-,15-,16?,17+,19-/m0/s1. The average molecular weight is 333 g/mol. The van der Waals surface area contributed by atoms with Crippen LogP contribution in [0.3, 0.4) is 0 Å². The monoisotopic (exact) mass is 332 g/mol. The lowest BCUT2D eigenvalue weighted by Gasteiger charge is -2.64. The number of rotatable bonds is 3. The van der Waals surface area contributed by atoms with E-state index in [2.05, 4.69) is 52.0 Å². The molecule has 2 nitrogen and oxygen atoms in total. The maximum atomic E-state index is 6.67. The van der Waals surface area contributed by atoms with Crippen LogP contribution in [0.25, 0.3) is 0 Å². The Morgan fingerprint density at radius 3 is 2.57 bits per heavy atom. The molecule has 0 radical (unpaired) electrons. The van der Waals surface area contributed by atoms with E-state index in [0.29, 0.717) is 11.3 Å². The fraction of sp³-hybridized carbons (Fsp3) is 0.684. The number of benzene rings is 1. The summed E-state index contributed by atoms with van der Waals surface area (Å²) >= 11 is 6.67. The summed E-state index contributed by atoms with van der Waals surface area (Å²) in [4.78, 5) is 0. The summed E-state index contributed by atoms with van der Waals surface area (Å²) in [6, 6.07) is 8.56. The lowest BCUT2D eigenvalue weighted by atomic mass is 9.43. The van der Waals surface area contributed by atoms with Gasteiger partial charge in [0, 0.05) is 0 Å². The molecule has 1 aromatic rings. The normalized spacial score (nSPS) is 38.8. The van der Waals surface area contributed by atoms with Crippen LogP contribution in [0.15, 0.2) is 24.3 Å². The third-order valence-electron chi connectivity index (χ3n) is 6.82. The zero-order valence-corrected chi connectivity index (χ0v) is 15.3. The molecule has 1 aliphatic heterocycles. The van der Waals surface area contributed by atoms with Crippen molar-refractivity contribution in [2.45, 2.75) is 63.9 Å². The smallest absolute Gasteiger partial charge is 0.404 e. The third-order valence-corrected chi connectivity index (χ3v) is 7.18. The molecule has 3 aliphatic carbocycles. The first-order valence-corrected chi connectivity index (χ1v) is 9.27. The van der Waals surface area contributed by atoms with Crippen LogP contribution in [-0.2, 0) is 15.7 Å². The minimum Gasteiger partial charge on any atom is -0.404 e. The van der Waals surface area contributed by atoms with Gasteiger partial charge in [-0.3, -0.25) is 0 Å². The van der Waals surface area contributed by atoms with E-state index in [1.165, 1.54) is 17.5 Å². The van der Waals surface area contributed by atoms with Gasteiger partial charge < -0.3 is 9.31 Å². The Labute approximate surface area is 145 Å². The van der Waals surface area contributed by atoms with Gasteiger partial charge in [-0.1, -0.05) is 43.7 Å².